The molecule has 1 saturated heterocycles. The second-order valence-corrected chi connectivity index (χ2v) is 6.20. The van der Waals surface area contributed by atoms with E-state index in [1.54, 1.807) is 24.8 Å². The van der Waals surface area contributed by atoms with E-state index in [1.807, 2.05) is 0 Å². The SMILES string of the molecule is CC1(C)NC(=O)C2(CCCCC2)N(C/C=C/Cl)C1=O. The molecule has 1 heterocycles. The Morgan fingerprint density at radius 2 is 1.89 bits per heavy atom. The Morgan fingerprint density at radius 1 is 1.26 bits per heavy atom. The lowest BCUT2D eigenvalue weighted by atomic mass is 9.76. The summed E-state index contributed by atoms with van der Waals surface area (Å²) in [4.78, 5) is 26.9. The Labute approximate surface area is 119 Å². The molecule has 0 radical (unpaired) electrons. The Hall–Kier alpha value is -1.03. The van der Waals surface area contributed by atoms with Gasteiger partial charge in [-0.15, -0.1) is 0 Å². The molecule has 1 aliphatic heterocycles. The number of halogens is 1. The summed E-state index contributed by atoms with van der Waals surface area (Å²) in [5.41, 5.74) is -0.0928. The molecule has 2 aliphatic rings. The molecule has 0 unspecified atom stereocenters. The number of piperazine rings is 1. The fraction of sp³-hybridized carbons (Fsp3) is 0.714. The zero-order valence-electron chi connectivity index (χ0n) is 11.5. The number of carbonyl (C=O) groups excluding carboxylic acids is 2. The average Bonchev–Trinajstić information content (AvgIpc) is 2.38. The number of nitrogens with zero attached hydrogens (tertiary/aromatic N) is 1. The third-order valence-electron chi connectivity index (χ3n) is 4.20. The maximum atomic E-state index is 12.6. The molecule has 0 aromatic carbocycles. The summed E-state index contributed by atoms with van der Waals surface area (Å²) in [7, 11) is 0. The zero-order valence-corrected chi connectivity index (χ0v) is 12.3. The van der Waals surface area contributed by atoms with Gasteiger partial charge in [0.05, 0.1) is 0 Å². The molecular formula is C14H21ClN2O2. The van der Waals surface area contributed by atoms with Crippen LogP contribution in [0.25, 0.3) is 0 Å². The number of hydrogen-bond acceptors (Lipinski definition) is 2. The minimum atomic E-state index is -0.833. The van der Waals surface area contributed by atoms with Crippen LogP contribution in [0.15, 0.2) is 11.6 Å². The highest BCUT2D eigenvalue weighted by molar-refractivity contribution is 6.25. The van der Waals surface area contributed by atoms with Gasteiger partial charge < -0.3 is 10.2 Å². The summed E-state index contributed by atoms with van der Waals surface area (Å²) in [5.74, 6) is -0.0384. The van der Waals surface area contributed by atoms with E-state index < -0.39 is 11.1 Å². The van der Waals surface area contributed by atoms with Gasteiger partial charge in [-0.05, 0) is 26.7 Å². The number of carbonyl (C=O) groups is 2. The summed E-state index contributed by atoms with van der Waals surface area (Å²) in [5, 5.41) is 2.89. The van der Waals surface area contributed by atoms with Crippen LogP contribution in [0.5, 0.6) is 0 Å². The molecule has 5 heteroatoms. The van der Waals surface area contributed by atoms with E-state index in [1.165, 1.54) is 5.54 Å². The van der Waals surface area contributed by atoms with Crippen LogP contribution in [0, 0.1) is 0 Å². The van der Waals surface area contributed by atoms with Crippen molar-refractivity contribution in [2.45, 2.75) is 57.0 Å². The van der Waals surface area contributed by atoms with Gasteiger partial charge in [0.1, 0.15) is 11.1 Å². The molecule has 2 rings (SSSR count). The third-order valence-corrected chi connectivity index (χ3v) is 4.38. The fourth-order valence-electron chi connectivity index (χ4n) is 3.14. The van der Waals surface area contributed by atoms with Crippen LogP contribution in [0.1, 0.15) is 46.0 Å². The van der Waals surface area contributed by atoms with Gasteiger partial charge in [-0.1, -0.05) is 36.9 Å². The number of amides is 2. The molecule has 106 valence electrons. The molecule has 2 fully saturated rings. The Balaban J connectivity index is 2.37. The van der Waals surface area contributed by atoms with E-state index in [-0.39, 0.29) is 11.8 Å². The first kappa shape index (κ1) is 14.4. The minimum Gasteiger partial charge on any atom is -0.340 e. The van der Waals surface area contributed by atoms with Crippen molar-refractivity contribution in [2.24, 2.45) is 0 Å². The summed E-state index contributed by atoms with van der Waals surface area (Å²) in [6.45, 7) is 3.90. The van der Waals surface area contributed by atoms with Gasteiger partial charge in [-0.3, -0.25) is 9.59 Å². The summed E-state index contributed by atoms with van der Waals surface area (Å²) in [6, 6.07) is 0. The van der Waals surface area contributed by atoms with Crippen molar-refractivity contribution < 1.29 is 9.59 Å². The van der Waals surface area contributed by atoms with Gasteiger partial charge >= 0.3 is 0 Å². The van der Waals surface area contributed by atoms with Crippen LogP contribution >= 0.6 is 11.6 Å². The van der Waals surface area contributed by atoms with Gasteiger partial charge in [0.2, 0.25) is 11.8 Å². The highest BCUT2D eigenvalue weighted by atomic mass is 35.5. The van der Waals surface area contributed by atoms with E-state index >= 15 is 0 Å². The molecule has 1 N–H and O–H groups in total. The molecule has 0 bridgehead atoms. The molecular weight excluding hydrogens is 264 g/mol. The molecule has 19 heavy (non-hydrogen) atoms. The van der Waals surface area contributed by atoms with Crippen LogP contribution in [0.4, 0.5) is 0 Å². The molecule has 2 amide bonds. The summed E-state index contributed by atoms with van der Waals surface area (Å²) < 4.78 is 0. The normalized spacial score (nSPS) is 25.9. The van der Waals surface area contributed by atoms with Gasteiger partial charge in [0, 0.05) is 12.1 Å². The van der Waals surface area contributed by atoms with Crippen molar-refractivity contribution >= 4 is 23.4 Å². The number of nitrogens with one attached hydrogen (secondary N) is 1. The topological polar surface area (TPSA) is 49.4 Å². The standard InChI is InChI=1S/C14H21ClN2O2/c1-13(2)12(19)17(10-6-9-15)14(11(18)16-13)7-4-3-5-8-14/h6,9H,3-5,7-8,10H2,1-2H3,(H,16,18)/b9-6+. The smallest absolute Gasteiger partial charge is 0.248 e. The van der Waals surface area contributed by atoms with Crippen LogP contribution in [0.3, 0.4) is 0 Å². The molecule has 0 aromatic rings. The predicted octanol–water partition coefficient (Wildman–Crippen LogP) is 2.18. The lowest BCUT2D eigenvalue weighted by Crippen LogP contribution is -2.74. The lowest BCUT2D eigenvalue weighted by Gasteiger charge is -2.52. The van der Waals surface area contributed by atoms with E-state index in [2.05, 4.69) is 5.32 Å². The van der Waals surface area contributed by atoms with Crippen molar-refractivity contribution in [3.05, 3.63) is 11.6 Å². The largest absolute Gasteiger partial charge is 0.340 e. The Bertz CT molecular complexity index is 412. The van der Waals surface area contributed by atoms with Crippen LogP contribution in [0.2, 0.25) is 0 Å². The monoisotopic (exact) mass is 284 g/mol. The Kier molecular flexibility index (Phi) is 3.90. The van der Waals surface area contributed by atoms with Crippen LogP contribution < -0.4 is 5.32 Å². The summed E-state index contributed by atoms with van der Waals surface area (Å²) >= 11 is 5.58. The first-order valence-corrected chi connectivity index (χ1v) is 7.28. The first-order chi connectivity index (χ1) is 8.94. The van der Waals surface area contributed by atoms with Gasteiger partial charge in [0.15, 0.2) is 0 Å². The molecule has 1 spiro atoms. The quantitative estimate of drug-likeness (QED) is 0.845. The number of hydrogen-bond donors (Lipinski definition) is 1. The zero-order chi connectivity index (χ0) is 14.1. The first-order valence-electron chi connectivity index (χ1n) is 6.84. The van der Waals surface area contributed by atoms with Gasteiger partial charge in [-0.2, -0.15) is 0 Å². The average molecular weight is 285 g/mol. The molecule has 4 nitrogen and oxygen atoms in total. The summed E-state index contributed by atoms with van der Waals surface area (Å²) in [6.07, 6.45) is 6.33. The van der Waals surface area contributed by atoms with Crippen LogP contribution in [-0.2, 0) is 9.59 Å². The van der Waals surface area contributed by atoms with Crippen LogP contribution in [-0.4, -0.2) is 34.3 Å². The molecule has 1 saturated carbocycles. The van der Waals surface area contributed by atoms with Crippen molar-refractivity contribution in [2.75, 3.05) is 6.54 Å². The number of rotatable bonds is 2. The predicted molar refractivity (Wildman–Crippen MR) is 74.7 cm³/mol. The maximum Gasteiger partial charge on any atom is 0.248 e. The fourth-order valence-corrected chi connectivity index (χ4v) is 3.22. The van der Waals surface area contributed by atoms with Crippen molar-refractivity contribution in [3.8, 4) is 0 Å². The van der Waals surface area contributed by atoms with Gasteiger partial charge in [-0.25, -0.2) is 0 Å². The van der Waals surface area contributed by atoms with E-state index in [0.717, 1.165) is 32.1 Å². The van der Waals surface area contributed by atoms with Gasteiger partial charge in [0.25, 0.3) is 0 Å². The minimum absolute atomic E-state index is 0.0141. The third kappa shape index (κ3) is 2.38. The van der Waals surface area contributed by atoms with Crippen molar-refractivity contribution in [1.82, 2.24) is 10.2 Å². The highest BCUT2D eigenvalue weighted by Gasteiger charge is 2.54. The van der Waals surface area contributed by atoms with E-state index in [9.17, 15) is 9.59 Å². The highest BCUT2D eigenvalue weighted by Crippen LogP contribution is 2.38. The second kappa shape index (κ2) is 5.16. The molecule has 1 aliphatic carbocycles. The van der Waals surface area contributed by atoms with E-state index in [0.29, 0.717) is 6.54 Å². The second-order valence-electron chi connectivity index (χ2n) is 5.95. The van der Waals surface area contributed by atoms with Crippen molar-refractivity contribution in [3.63, 3.8) is 0 Å². The van der Waals surface area contributed by atoms with Crippen molar-refractivity contribution in [1.29, 1.82) is 0 Å². The Morgan fingerprint density at radius 3 is 2.47 bits per heavy atom. The molecule has 0 atom stereocenters. The maximum absolute atomic E-state index is 12.6. The molecule has 0 aromatic heterocycles. The van der Waals surface area contributed by atoms with E-state index in [4.69, 9.17) is 11.6 Å². The lowest BCUT2D eigenvalue weighted by molar-refractivity contribution is -0.163.